The molecule has 0 fully saturated rings. The number of hydrogen-bond acceptors (Lipinski definition) is 7. The molecule has 0 saturated heterocycles. The molecule has 4 rings (SSSR count). The number of hydrogen-bond donors (Lipinski definition) is 1. The topological polar surface area (TPSA) is 111 Å². The minimum atomic E-state index is -0.242. The van der Waals surface area contributed by atoms with Gasteiger partial charge in [0.05, 0.1) is 23.3 Å². The van der Waals surface area contributed by atoms with Crippen molar-refractivity contribution >= 4 is 23.3 Å². The molecule has 1 N–H and O–H groups in total. The smallest absolute Gasteiger partial charge is 0.247 e. The van der Waals surface area contributed by atoms with E-state index in [2.05, 4.69) is 35.6 Å². The number of rotatable bonds is 5. The maximum absolute atomic E-state index is 12.5. The Labute approximate surface area is 177 Å². The summed E-state index contributed by atoms with van der Waals surface area (Å²) in [5, 5.41) is 15.5. The Hall–Kier alpha value is -3.72. The van der Waals surface area contributed by atoms with Crippen molar-refractivity contribution in [3.05, 3.63) is 65.6 Å². The first-order chi connectivity index (χ1) is 14.5. The van der Waals surface area contributed by atoms with Gasteiger partial charge in [-0.25, -0.2) is 4.98 Å². The maximum Gasteiger partial charge on any atom is 0.247 e. The van der Waals surface area contributed by atoms with Crippen LogP contribution in [0.15, 0.2) is 49.1 Å². The molecular formula is C20H17ClN8O. The summed E-state index contributed by atoms with van der Waals surface area (Å²) in [5.74, 6) is 0.201. The van der Waals surface area contributed by atoms with Gasteiger partial charge in [0, 0.05) is 35.4 Å². The summed E-state index contributed by atoms with van der Waals surface area (Å²) in [6, 6.07) is 6.99. The van der Waals surface area contributed by atoms with Gasteiger partial charge in [0.25, 0.3) is 0 Å². The van der Waals surface area contributed by atoms with Crippen LogP contribution < -0.4 is 5.32 Å². The number of halogens is 1. The fraction of sp³-hybridized carbons (Fsp3) is 0.150. The largest absolute Gasteiger partial charge is 0.309 e. The van der Waals surface area contributed by atoms with Gasteiger partial charge in [0.2, 0.25) is 5.91 Å². The molecule has 150 valence electrons. The molecule has 4 heterocycles. The molecule has 0 atom stereocenters. The monoisotopic (exact) mass is 420 g/mol. The number of amides is 1. The van der Waals surface area contributed by atoms with Crippen molar-refractivity contribution in [2.75, 3.05) is 5.32 Å². The average molecular weight is 421 g/mol. The molecule has 30 heavy (non-hydrogen) atoms. The zero-order valence-corrected chi connectivity index (χ0v) is 17.0. The predicted octanol–water partition coefficient (Wildman–Crippen LogP) is 3.10. The molecule has 4 aromatic rings. The highest BCUT2D eigenvalue weighted by molar-refractivity contribution is 6.29. The Morgan fingerprint density at radius 2 is 1.90 bits per heavy atom. The number of nitrogens with one attached hydrogen (secondary N) is 1. The quantitative estimate of drug-likeness (QED) is 0.528. The standard InChI is InChI=1S/C20H17ClN8O/c1-12-20(15-4-5-17(21)27-26-15)13(2)29(28-12)11-19(30)25-18-6-3-14(9-24-18)16-10-22-7-8-23-16/h3-10H,11H2,1-2H3,(H,24,25,30). The third kappa shape index (κ3) is 4.15. The lowest BCUT2D eigenvalue weighted by molar-refractivity contribution is -0.117. The van der Waals surface area contributed by atoms with Gasteiger partial charge >= 0.3 is 0 Å². The first kappa shape index (κ1) is 19.6. The first-order valence-corrected chi connectivity index (χ1v) is 9.45. The second-order valence-electron chi connectivity index (χ2n) is 6.52. The minimum absolute atomic E-state index is 0.0429. The molecule has 0 bridgehead atoms. The predicted molar refractivity (Wildman–Crippen MR) is 112 cm³/mol. The molecular weight excluding hydrogens is 404 g/mol. The Balaban J connectivity index is 1.47. The van der Waals surface area contributed by atoms with Gasteiger partial charge in [-0.3, -0.25) is 19.4 Å². The number of nitrogens with zero attached hydrogens (tertiary/aromatic N) is 7. The molecule has 0 aliphatic heterocycles. The SMILES string of the molecule is Cc1nn(CC(=O)Nc2ccc(-c3cnccn3)cn2)c(C)c1-c1ccc(Cl)nn1. The molecule has 0 aliphatic carbocycles. The summed E-state index contributed by atoms with van der Waals surface area (Å²) in [6.07, 6.45) is 6.51. The van der Waals surface area contributed by atoms with Gasteiger partial charge < -0.3 is 5.32 Å². The Morgan fingerprint density at radius 1 is 1.03 bits per heavy atom. The zero-order chi connectivity index (χ0) is 21.1. The van der Waals surface area contributed by atoms with Crippen LogP contribution in [-0.2, 0) is 11.3 Å². The average Bonchev–Trinajstić information content (AvgIpc) is 3.03. The van der Waals surface area contributed by atoms with E-state index in [0.717, 1.165) is 22.5 Å². The second-order valence-corrected chi connectivity index (χ2v) is 6.90. The van der Waals surface area contributed by atoms with E-state index in [9.17, 15) is 4.79 Å². The summed E-state index contributed by atoms with van der Waals surface area (Å²) in [6.45, 7) is 3.79. The van der Waals surface area contributed by atoms with Gasteiger partial charge in [-0.15, -0.1) is 10.2 Å². The highest BCUT2D eigenvalue weighted by Crippen LogP contribution is 2.25. The van der Waals surface area contributed by atoms with E-state index >= 15 is 0 Å². The summed E-state index contributed by atoms with van der Waals surface area (Å²) in [5.41, 5.74) is 4.58. The van der Waals surface area contributed by atoms with Crippen LogP contribution in [0.4, 0.5) is 5.82 Å². The third-order valence-electron chi connectivity index (χ3n) is 4.45. The third-order valence-corrected chi connectivity index (χ3v) is 4.65. The van der Waals surface area contributed by atoms with Crippen molar-refractivity contribution < 1.29 is 4.79 Å². The number of anilines is 1. The summed E-state index contributed by atoms with van der Waals surface area (Å²) in [7, 11) is 0. The van der Waals surface area contributed by atoms with Crippen molar-refractivity contribution in [1.29, 1.82) is 0 Å². The van der Waals surface area contributed by atoms with Gasteiger partial charge in [0.1, 0.15) is 12.4 Å². The number of pyridine rings is 1. The van der Waals surface area contributed by atoms with E-state index in [1.54, 1.807) is 47.7 Å². The zero-order valence-electron chi connectivity index (χ0n) is 16.2. The van der Waals surface area contributed by atoms with Gasteiger partial charge in [-0.2, -0.15) is 5.10 Å². The van der Waals surface area contributed by atoms with E-state index in [-0.39, 0.29) is 12.5 Å². The second kappa shape index (κ2) is 8.34. The van der Waals surface area contributed by atoms with Crippen LogP contribution in [0, 0.1) is 13.8 Å². The molecule has 0 aromatic carbocycles. The van der Waals surface area contributed by atoms with Crippen molar-refractivity contribution in [2.24, 2.45) is 0 Å². The number of aryl methyl sites for hydroxylation is 1. The highest BCUT2D eigenvalue weighted by atomic mass is 35.5. The molecule has 9 nitrogen and oxygen atoms in total. The van der Waals surface area contributed by atoms with Crippen LogP contribution >= 0.6 is 11.6 Å². The van der Waals surface area contributed by atoms with Crippen molar-refractivity contribution in [3.63, 3.8) is 0 Å². The van der Waals surface area contributed by atoms with Crippen LogP contribution in [0.25, 0.3) is 22.5 Å². The lowest BCUT2D eigenvalue weighted by Gasteiger charge is -2.07. The van der Waals surface area contributed by atoms with Gasteiger partial charge in [-0.1, -0.05) is 11.6 Å². The summed E-state index contributed by atoms with van der Waals surface area (Å²) < 4.78 is 1.63. The van der Waals surface area contributed by atoms with E-state index in [1.807, 2.05) is 19.9 Å². The summed E-state index contributed by atoms with van der Waals surface area (Å²) in [4.78, 5) is 25.1. The Kier molecular flexibility index (Phi) is 5.44. The molecule has 0 spiro atoms. The highest BCUT2D eigenvalue weighted by Gasteiger charge is 2.17. The fourth-order valence-corrected chi connectivity index (χ4v) is 3.16. The van der Waals surface area contributed by atoms with E-state index < -0.39 is 0 Å². The molecule has 0 unspecified atom stereocenters. The van der Waals surface area contributed by atoms with Crippen LogP contribution in [0.1, 0.15) is 11.4 Å². The van der Waals surface area contributed by atoms with Gasteiger partial charge in [0.15, 0.2) is 5.15 Å². The van der Waals surface area contributed by atoms with Gasteiger partial charge in [-0.05, 0) is 38.1 Å². The fourth-order valence-electron chi connectivity index (χ4n) is 3.06. The number of carbonyl (C=O) groups excluding carboxylic acids is 1. The van der Waals surface area contributed by atoms with Crippen molar-refractivity contribution in [2.45, 2.75) is 20.4 Å². The van der Waals surface area contributed by atoms with Crippen molar-refractivity contribution in [1.82, 2.24) is 34.9 Å². The maximum atomic E-state index is 12.5. The normalized spacial score (nSPS) is 10.8. The molecule has 0 saturated carbocycles. The first-order valence-electron chi connectivity index (χ1n) is 9.07. The lowest BCUT2D eigenvalue weighted by Crippen LogP contribution is -2.20. The molecule has 10 heteroatoms. The Bertz CT molecular complexity index is 1170. The number of carbonyl (C=O) groups is 1. The van der Waals surface area contributed by atoms with Crippen LogP contribution in [0.5, 0.6) is 0 Å². The number of aromatic nitrogens is 7. The van der Waals surface area contributed by atoms with Crippen molar-refractivity contribution in [3.8, 4) is 22.5 Å². The molecule has 1 amide bonds. The van der Waals surface area contributed by atoms with Crippen LogP contribution in [-0.4, -0.2) is 40.8 Å². The van der Waals surface area contributed by atoms with E-state index in [0.29, 0.717) is 22.4 Å². The molecule has 0 aliphatic rings. The van der Waals surface area contributed by atoms with E-state index in [4.69, 9.17) is 11.6 Å². The van der Waals surface area contributed by atoms with Crippen LogP contribution in [0.2, 0.25) is 5.15 Å². The lowest BCUT2D eigenvalue weighted by atomic mass is 10.1. The molecule has 4 aromatic heterocycles. The Morgan fingerprint density at radius 3 is 2.57 bits per heavy atom. The van der Waals surface area contributed by atoms with Crippen LogP contribution in [0.3, 0.4) is 0 Å². The summed E-state index contributed by atoms with van der Waals surface area (Å²) >= 11 is 5.81. The van der Waals surface area contributed by atoms with E-state index in [1.165, 1.54) is 0 Å². The minimum Gasteiger partial charge on any atom is -0.309 e. The molecule has 0 radical (unpaired) electrons.